The minimum atomic E-state index is -0.232. The highest BCUT2D eigenvalue weighted by molar-refractivity contribution is 5.74. The molecule has 2 aromatic rings. The fourth-order valence-corrected chi connectivity index (χ4v) is 2.50. The van der Waals surface area contributed by atoms with Gasteiger partial charge in [-0.15, -0.1) is 0 Å². The topological polar surface area (TPSA) is 45.2 Å². The Balaban J connectivity index is 2.00. The quantitative estimate of drug-likeness (QED) is 0.787. The summed E-state index contributed by atoms with van der Waals surface area (Å²) in [6.45, 7) is 5.79. The lowest BCUT2D eigenvalue weighted by Gasteiger charge is -2.23. The largest absolute Gasteiger partial charge is 0.338 e. The van der Waals surface area contributed by atoms with Gasteiger partial charge >= 0.3 is 6.03 Å². The highest BCUT2D eigenvalue weighted by Crippen LogP contribution is 2.10. The molecule has 0 unspecified atom stereocenters. The Morgan fingerprint density at radius 1 is 1.24 bits per heavy atom. The van der Waals surface area contributed by atoms with Crippen LogP contribution in [0.3, 0.4) is 0 Å². The third-order valence-corrected chi connectivity index (χ3v) is 3.99. The third-order valence-electron chi connectivity index (χ3n) is 3.99. The molecule has 1 aromatic carbocycles. The van der Waals surface area contributed by atoms with Crippen molar-refractivity contribution in [1.29, 1.82) is 0 Å². The molecule has 1 N–H and O–H groups in total. The van der Waals surface area contributed by atoms with Gasteiger partial charge in [-0.05, 0) is 42.0 Å². The minimum absolute atomic E-state index is 0.124. The zero-order valence-corrected chi connectivity index (χ0v) is 14.9. The van der Waals surface area contributed by atoms with Gasteiger partial charge in [-0.3, -0.25) is 4.98 Å². The average molecular weight is 343 g/mol. The zero-order valence-electron chi connectivity index (χ0n) is 14.9. The van der Waals surface area contributed by atoms with E-state index in [0.29, 0.717) is 37.5 Å². The second kappa shape index (κ2) is 9.77. The average Bonchev–Trinajstić information content (AvgIpc) is 2.60. The molecule has 0 bridgehead atoms. The standard InChI is InChI=1S/C20H26FN3O/c1-16(2)9-12-23-20(25)24(15-17-6-5-11-22-14-17)13-10-18-7-3-4-8-19(18)21/h3-8,11,14,16H,9-10,12-13,15H2,1-2H3,(H,23,25). The molecule has 0 aliphatic heterocycles. The Kier molecular flexibility index (Phi) is 7.38. The summed E-state index contributed by atoms with van der Waals surface area (Å²) in [4.78, 5) is 18.3. The molecule has 4 nitrogen and oxygen atoms in total. The zero-order chi connectivity index (χ0) is 18.1. The van der Waals surface area contributed by atoms with Crippen LogP contribution in [-0.2, 0) is 13.0 Å². The molecule has 1 aromatic heterocycles. The fourth-order valence-electron chi connectivity index (χ4n) is 2.50. The van der Waals surface area contributed by atoms with Crippen molar-refractivity contribution in [2.75, 3.05) is 13.1 Å². The number of urea groups is 1. The molecule has 0 radical (unpaired) electrons. The van der Waals surface area contributed by atoms with E-state index >= 15 is 0 Å². The number of pyridine rings is 1. The number of aromatic nitrogens is 1. The first-order chi connectivity index (χ1) is 12.1. The number of nitrogens with one attached hydrogen (secondary N) is 1. The maximum Gasteiger partial charge on any atom is 0.317 e. The molecule has 0 aliphatic rings. The predicted octanol–water partition coefficient (Wildman–Crippen LogP) is 4.02. The summed E-state index contributed by atoms with van der Waals surface area (Å²) in [7, 11) is 0. The Labute approximate surface area is 149 Å². The second-order valence-corrected chi connectivity index (χ2v) is 6.54. The maximum absolute atomic E-state index is 13.8. The summed E-state index contributed by atoms with van der Waals surface area (Å²) in [5.41, 5.74) is 1.57. The van der Waals surface area contributed by atoms with Gasteiger partial charge in [0.05, 0.1) is 0 Å². The summed E-state index contributed by atoms with van der Waals surface area (Å²) >= 11 is 0. The van der Waals surface area contributed by atoms with E-state index in [1.807, 2.05) is 18.2 Å². The Hall–Kier alpha value is -2.43. The first-order valence-electron chi connectivity index (χ1n) is 8.71. The summed E-state index contributed by atoms with van der Waals surface area (Å²) in [6.07, 6.45) is 4.86. The van der Waals surface area contributed by atoms with Crippen LogP contribution in [0.1, 0.15) is 31.4 Å². The van der Waals surface area contributed by atoms with Crippen molar-refractivity contribution < 1.29 is 9.18 Å². The van der Waals surface area contributed by atoms with Crippen molar-refractivity contribution in [3.8, 4) is 0 Å². The molecule has 0 atom stereocenters. The van der Waals surface area contributed by atoms with E-state index in [1.165, 1.54) is 6.07 Å². The number of hydrogen-bond acceptors (Lipinski definition) is 2. The number of benzene rings is 1. The second-order valence-electron chi connectivity index (χ2n) is 6.54. The molecular formula is C20H26FN3O. The van der Waals surface area contributed by atoms with Crippen LogP contribution in [0.4, 0.5) is 9.18 Å². The molecule has 0 saturated carbocycles. The molecular weight excluding hydrogens is 317 g/mol. The molecule has 134 valence electrons. The molecule has 2 rings (SSSR count). The summed E-state index contributed by atoms with van der Waals surface area (Å²) < 4.78 is 13.8. The van der Waals surface area contributed by atoms with Gasteiger partial charge in [-0.2, -0.15) is 0 Å². The lowest BCUT2D eigenvalue weighted by molar-refractivity contribution is 0.195. The SMILES string of the molecule is CC(C)CCNC(=O)N(CCc1ccccc1F)Cc1cccnc1. The molecule has 0 fully saturated rings. The van der Waals surface area contributed by atoms with Gasteiger partial charge in [0, 0.05) is 32.0 Å². The van der Waals surface area contributed by atoms with Crippen LogP contribution >= 0.6 is 0 Å². The van der Waals surface area contributed by atoms with Crippen LogP contribution in [-0.4, -0.2) is 29.0 Å². The molecule has 25 heavy (non-hydrogen) atoms. The predicted molar refractivity (Wildman–Crippen MR) is 97.6 cm³/mol. The van der Waals surface area contributed by atoms with Crippen LogP contribution in [0.25, 0.3) is 0 Å². The molecule has 2 amide bonds. The number of carbonyl (C=O) groups excluding carboxylic acids is 1. The minimum Gasteiger partial charge on any atom is -0.338 e. The third kappa shape index (κ3) is 6.53. The van der Waals surface area contributed by atoms with Crippen LogP contribution in [0, 0.1) is 11.7 Å². The number of carbonyl (C=O) groups is 1. The van der Waals surface area contributed by atoms with Gasteiger partial charge < -0.3 is 10.2 Å². The van der Waals surface area contributed by atoms with E-state index in [0.717, 1.165) is 12.0 Å². The molecule has 1 heterocycles. The number of halogens is 1. The van der Waals surface area contributed by atoms with Gasteiger partial charge in [0.1, 0.15) is 5.82 Å². The highest BCUT2D eigenvalue weighted by atomic mass is 19.1. The van der Waals surface area contributed by atoms with Crippen LogP contribution in [0.15, 0.2) is 48.8 Å². The monoisotopic (exact) mass is 343 g/mol. The van der Waals surface area contributed by atoms with Gasteiger partial charge in [-0.25, -0.2) is 9.18 Å². The van der Waals surface area contributed by atoms with E-state index in [4.69, 9.17) is 0 Å². The van der Waals surface area contributed by atoms with E-state index in [-0.39, 0.29) is 11.8 Å². The summed E-state index contributed by atoms with van der Waals surface area (Å²) in [5.74, 6) is 0.300. The van der Waals surface area contributed by atoms with Gasteiger partial charge in [0.25, 0.3) is 0 Å². The number of hydrogen-bond donors (Lipinski definition) is 1. The summed E-state index contributed by atoms with van der Waals surface area (Å²) in [5, 5.41) is 2.96. The van der Waals surface area contributed by atoms with E-state index in [2.05, 4.69) is 24.1 Å². The lowest BCUT2D eigenvalue weighted by Crippen LogP contribution is -2.41. The Morgan fingerprint density at radius 2 is 2.04 bits per heavy atom. The van der Waals surface area contributed by atoms with E-state index < -0.39 is 0 Å². The van der Waals surface area contributed by atoms with Crippen LogP contribution in [0.2, 0.25) is 0 Å². The van der Waals surface area contributed by atoms with Crippen molar-refractivity contribution in [3.05, 3.63) is 65.7 Å². The Morgan fingerprint density at radius 3 is 2.72 bits per heavy atom. The number of amides is 2. The van der Waals surface area contributed by atoms with Crippen molar-refractivity contribution in [2.45, 2.75) is 33.2 Å². The van der Waals surface area contributed by atoms with Crippen molar-refractivity contribution in [2.24, 2.45) is 5.92 Å². The maximum atomic E-state index is 13.8. The van der Waals surface area contributed by atoms with Crippen LogP contribution in [0.5, 0.6) is 0 Å². The smallest absolute Gasteiger partial charge is 0.317 e. The molecule has 0 aliphatic carbocycles. The molecule has 0 spiro atoms. The van der Waals surface area contributed by atoms with Crippen molar-refractivity contribution in [1.82, 2.24) is 15.2 Å². The highest BCUT2D eigenvalue weighted by Gasteiger charge is 2.15. The normalized spacial score (nSPS) is 10.7. The lowest BCUT2D eigenvalue weighted by atomic mass is 10.1. The Bertz CT molecular complexity index is 661. The van der Waals surface area contributed by atoms with E-state index in [1.54, 1.807) is 29.4 Å². The number of nitrogens with zero attached hydrogens (tertiary/aromatic N) is 2. The van der Waals surface area contributed by atoms with Gasteiger partial charge in [0.15, 0.2) is 0 Å². The fraction of sp³-hybridized carbons (Fsp3) is 0.400. The molecule has 5 heteroatoms. The summed E-state index contributed by atoms with van der Waals surface area (Å²) in [6, 6.07) is 10.3. The van der Waals surface area contributed by atoms with Gasteiger partial charge in [0.2, 0.25) is 0 Å². The van der Waals surface area contributed by atoms with Gasteiger partial charge in [-0.1, -0.05) is 38.1 Å². The first kappa shape index (κ1) is 18.9. The van der Waals surface area contributed by atoms with Crippen molar-refractivity contribution in [3.63, 3.8) is 0 Å². The van der Waals surface area contributed by atoms with Crippen LogP contribution < -0.4 is 5.32 Å². The van der Waals surface area contributed by atoms with E-state index in [9.17, 15) is 9.18 Å². The first-order valence-corrected chi connectivity index (χ1v) is 8.71. The number of rotatable bonds is 8. The van der Waals surface area contributed by atoms with Crippen molar-refractivity contribution >= 4 is 6.03 Å². The molecule has 0 saturated heterocycles.